The van der Waals surface area contributed by atoms with E-state index in [1.807, 2.05) is 36.9 Å². The van der Waals surface area contributed by atoms with Gasteiger partial charge in [0.2, 0.25) is 5.91 Å². The average molecular weight is 347 g/mol. The third kappa shape index (κ3) is 5.37. The van der Waals surface area contributed by atoms with Gasteiger partial charge in [-0.05, 0) is 37.0 Å². The molecule has 6 heteroatoms. The van der Waals surface area contributed by atoms with Crippen molar-refractivity contribution in [2.24, 2.45) is 0 Å². The molecule has 0 aromatic heterocycles. The highest BCUT2D eigenvalue weighted by Crippen LogP contribution is 2.19. The predicted molar refractivity (Wildman–Crippen MR) is 97.9 cm³/mol. The summed E-state index contributed by atoms with van der Waals surface area (Å²) in [6, 6.07) is 5.81. The van der Waals surface area contributed by atoms with Crippen molar-refractivity contribution < 1.29 is 14.3 Å². The first kappa shape index (κ1) is 19.1. The number of ether oxygens (including phenoxy) is 1. The number of aryl methyl sites for hydroxylation is 1. The summed E-state index contributed by atoms with van der Waals surface area (Å²) in [5.74, 6) is 0.945. The molecule has 1 N–H and O–H groups in total. The molecular weight excluding hydrogens is 318 g/mol. The Morgan fingerprint density at radius 2 is 1.88 bits per heavy atom. The Kier molecular flexibility index (Phi) is 7.10. The van der Waals surface area contributed by atoms with Crippen LogP contribution in [-0.4, -0.2) is 61.6 Å². The van der Waals surface area contributed by atoms with E-state index >= 15 is 0 Å². The Balaban J connectivity index is 1.90. The molecule has 0 saturated carbocycles. The van der Waals surface area contributed by atoms with E-state index in [0.717, 1.165) is 29.7 Å². The number of methoxy groups -OCH3 is 1. The Morgan fingerprint density at radius 3 is 2.56 bits per heavy atom. The lowest BCUT2D eigenvalue weighted by atomic mass is 10.1. The Morgan fingerprint density at radius 1 is 1.16 bits per heavy atom. The fourth-order valence-electron chi connectivity index (χ4n) is 3.05. The van der Waals surface area contributed by atoms with Gasteiger partial charge in [0.1, 0.15) is 5.75 Å². The molecule has 138 valence electrons. The van der Waals surface area contributed by atoms with Crippen LogP contribution in [0.1, 0.15) is 30.9 Å². The number of amides is 3. The summed E-state index contributed by atoms with van der Waals surface area (Å²) in [5.41, 5.74) is 2.02. The lowest BCUT2D eigenvalue weighted by Gasteiger charge is -2.22. The molecule has 2 rings (SSSR count). The SMILES string of the molecule is CCCNC(=O)N1CCCN(C(=O)Cc2ccc(OC)c(C)c2)CC1. The van der Waals surface area contributed by atoms with Crippen molar-refractivity contribution >= 4 is 11.9 Å². The van der Waals surface area contributed by atoms with Crippen LogP contribution in [0.25, 0.3) is 0 Å². The van der Waals surface area contributed by atoms with Gasteiger partial charge in [-0.25, -0.2) is 4.79 Å². The van der Waals surface area contributed by atoms with Crippen LogP contribution in [0, 0.1) is 6.92 Å². The molecule has 0 unspecified atom stereocenters. The summed E-state index contributed by atoms with van der Waals surface area (Å²) in [4.78, 5) is 28.4. The molecule has 1 saturated heterocycles. The topological polar surface area (TPSA) is 61.9 Å². The number of carbonyl (C=O) groups excluding carboxylic acids is 2. The zero-order valence-electron chi connectivity index (χ0n) is 15.5. The largest absolute Gasteiger partial charge is 0.496 e. The number of rotatable bonds is 5. The van der Waals surface area contributed by atoms with Crippen molar-refractivity contribution in [3.8, 4) is 5.75 Å². The van der Waals surface area contributed by atoms with Gasteiger partial charge in [-0.2, -0.15) is 0 Å². The fourth-order valence-corrected chi connectivity index (χ4v) is 3.05. The molecule has 1 fully saturated rings. The number of benzene rings is 1. The van der Waals surface area contributed by atoms with Crippen LogP contribution >= 0.6 is 0 Å². The zero-order valence-corrected chi connectivity index (χ0v) is 15.5. The molecule has 0 aliphatic carbocycles. The first-order valence-corrected chi connectivity index (χ1v) is 8.99. The second-order valence-electron chi connectivity index (χ2n) is 6.43. The molecule has 1 heterocycles. The number of nitrogens with one attached hydrogen (secondary N) is 1. The summed E-state index contributed by atoms with van der Waals surface area (Å²) in [6.07, 6.45) is 2.12. The van der Waals surface area contributed by atoms with Crippen LogP contribution in [-0.2, 0) is 11.2 Å². The highest BCUT2D eigenvalue weighted by Gasteiger charge is 2.22. The molecule has 1 aliphatic heterocycles. The van der Waals surface area contributed by atoms with E-state index < -0.39 is 0 Å². The standard InChI is InChI=1S/C19H29N3O3/c1-4-8-20-19(24)22-10-5-9-21(11-12-22)18(23)14-16-6-7-17(25-3)15(2)13-16/h6-7,13H,4-5,8-12,14H2,1-3H3,(H,20,24). The van der Waals surface area contributed by atoms with E-state index in [4.69, 9.17) is 4.74 Å². The van der Waals surface area contributed by atoms with E-state index in [1.165, 1.54) is 0 Å². The van der Waals surface area contributed by atoms with Gasteiger partial charge in [-0.3, -0.25) is 4.79 Å². The highest BCUT2D eigenvalue weighted by molar-refractivity contribution is 5.79. The van der Waals surface area contributed by atoms with E-state index in [9.17, 15) is 9.59 Å². The minimum absolute atomic E-state index is 0.0260. The summed E-state index contributed by atoms with van der Waals surface area (Å²) < 4.78 is 5.26. The van der Waals surface area contributed by atoms with Gasteiger partial charge in [-0.1, -0.05) is 19.1 Å². The first-order valence-electron chi connectivity index (χ1n) is 8.99. The van der Waals surface area contributed by atoms with Crippen molar-refractivity contribution in [2.45, 2.75) is 33.1 Å². The molecule has 1 aromatic rings. The van der Waals surface area contributed by atoms with E-state index in [1.54, 1.807) is 12.0 Å². The summed E-state index contributed by atoms with van der Waals surface area (Å²) in [6.45, 7) is 7.27. The zero-order chi connectivity index (χ0) is 18.2. The van der Waals surface area contributed by atoms with Crippen molar-refractivity contribution in [1.82, 2.24) is 15.1 Å². The molecule has 1 aliphatic rings. The van der Waals surface area contributed by atoms with Gasteiger partial charge in [0.05, 0.1) is 13.5 Å². The second-order valence-corrected chi connectivity index (χ2v) is 6.43. The van der Waals surface area contributed by atoms with Gasteiger partial charge in [0.15, 0.2) is 0 Å². The van der Waals surface area contributed by atoms with E-state index in [0.29, 0.717) is 39.1 Å². The van der Waals surface area contributed by atoms with E-state index in [2.05, 4.69) is 5.32 Å². The second kappa shape index (κ2) is 9.30. The van der Waals surface area contributed by atoms with Crippen molar-refractivity contribution in [3.05, 3.63) is 29.3 Å². The molecule has 3 amide bonds. The van der Waals surface area contributed by atoms with Crippen LogP contribution in [0.4, 0.5) is 4.79 Å². The van der Waals surface area contributed by atoms with Crippen LogP contribution in [0.15, 0.2) is 18.2 Å². The third-order valence-corrected chi connectivity index (χ3v) is 4.48. The van der Waals surface area contributed by atoms with Gasteiger partial charge < -0.3 is 19.9 Å². The average Bonchev–Trinajstić information content (AvgIpc) is 2.86. The number of urea groups is 1. The predicted octanol–water partition coefficient (Wildman–Crippen LogP) is 2.20. The third-order valence-electron chi connectivity index (χ3n) is 4.48. The molecule has 0 bridgehead atoms. The van der Waals surface area contributed by atoms with Crippen molar-refractivity contribution in [3.63, 3.8) is 0 Å². The lowest BCUT2D eigenvalue weighted by Crippen LogP contribution is -2.43. The van der Waals surface area contributed by atoms with Crippen LogP contribution in [0.5, 0.6) is 5.75 Å². The summed E-state index contributed by atoms with van der Waals surface area (Å²) in [7, 11) is 1.65. The highest BCUT2D eigenvalue weighted by atomic mass is 16.5. The molecule has 0 radical (unpaired) electrons. The molecule has 0 atom stereocenters. The smallest absolute Gasteiger partial charge is 0.317 e. The maximum atomic E-state index is 12.6. The molecule has 25 heavy (non-hydrogen) atoms. The Labute approximate surface area is 150 Å². The quantitative estimate of drug-likeness (QED) is 0.888. The summed E-state index contributed by atoms with van der Waals surface area (Å²) in [5, 5.41) is 2.90. The Hall–Kier alpha value is -2.24. The van der Waals surface area contributed by atoms with Crippen molar-refractivity contribution in [1.29, 1.82) is 0 Å². The van der Waals surface area contributed by atoms with Gasteiger partial charge in [0, 0.05) is 32.7 Å². The monoisotopic (exact) mass is 347 g/mol. The Bertz CT molecular complexity index is 604. The minimum atomic E-state index is -0.0260. The van der Waals surface area contributed by atoms with Gasteiger partial charge in [0.25, 0.3) is 0 Å². The lowest BCUT2D eigenvalue weighted by molar-refractivity contribution is -0.130. The molecular formula is C19H29N3O3. The van der Waals surface area contributed by atoms with Crippen LogP contribution in [0.3, 0.4) is 0 Å². The normalized spacial score (nSPS) is 14.8. The summed E-state index contributed by atoms with van der Waals surface area (Å²) >= 11 is 0. The van der Waals surface area contributed by atoms with E-state index in [-0.39, 0.29) is 11.9 Å². The molecule has 6 nitrogen and oxygen atoms in total. The molecule has 0 spiro atoms. The number of hydrogen-bond acceptors (Lipinski definition) is 3. The molecule has 1 aromatic carbocycles. The minimum Gasteiger partial charge on any atom is -0.496 e. The number of nitrogens with zero attached hydrogens (tertiary/aromatic N) is 2. The number of hydrogen-bond donors (Lipinski definition) is 1. The fraction of sp³-hybridized carbons (Fsp3) is 0.579. The van der Waals surface area contributed by atoms with Gasteiger partial charge >= 0.3 is 6.03 Å². The van der Waals surface area contributed by atoms with Gasteiger partial charge in [-0.15, -0.1) is 0 Å². The van der Waals surface area contributed by atoms with Crippen LogP contribution < -0.4 is 10.1 Å². The first-order chi connectivity index (χ1) is 12.0. The maximum absolute atomic E-state index is 12.6. The number of carbonyl (C=O) groups is 2. The van der Waals surface area contributed by atoms with Crippen LogP contribution in [0.2, 0.25) is 0 Å². The van der Waals surface area contributed by atoms with Crippen molar-refractivity contribution in [2.75, 3.05) is 39.8 Å². The maximum Gasteiger partial charge on any atom is 0.317 e.